The first-order chi connectivity index (χ1) is 13.5. The van der Waals surface area contributed by atoms with Gasteiger partial charge in [-0.1, -0.05) is 12.1 Å². The summed E-state index contributed by atoms with van der Waals surface area (Å²) in [5.41, 5.74) is 3.70. The number of nitro benzene ring substituents is 1. The lowest BCUT2D eigenvalue weighted by Gasteiger charge is -2.10. The standard InChI is InChI=1S/C18H17N5O5/c1-12-7-14(10-27-2)15(8-19)18(21-12)28-11-17(24)22-20-9-13-5-3-4-6-16(13)23(25)26/h3-7,9H,10-11H2,1-2H3,(H,22,24)/b20-9+. The highest BCUT2D eigenvalue weighted by atomic mass is 16.6. The van der Waals surface area contributed by atoms with E-state index in [-0.39, 0.29) is 29.3 Å². The Bertz CT molecular complexity index is 952. The van der Waals surface area contributed by atoms with E-state index in [1.807, 2.05) is 6.07 Å². The van der Waals surface area contributed by atoms with Crippen LogP contribution in [0.1, 0.15) is 22.4 Å². The minimum Gasteiger partial charge on any atom is -0.467 e. The maximum Gasteiger partial charge on any atom is 0.278 e. The van der Waals surface area contributed by atoms with Crippen molar-refractivity contribution in [3.8, 4) is 11.9 Å². The number of aromatic nitrogens is 1. The quantitative estimate of drug-likeness (QED) is 0.417. The predicted octanol–water partition coefficient (Wildman–Crippen LogP) is 1.85. The van der Waals surface area contributed by atoms with Gasteiger partial charge in [-0.3, -0.25) is 14.9 Å². The topological polar surface area (TPSA) is 140 Å². The molecule has 0 aliphatic carbocycles. The fourth-order valence-corrected chi connectivity index (χ4v) is 2.31. The Morgan fingerprint density at radius 3 is 2.89 bits per heavy atom. The highest BCUT2D eigenvalue weighted by Crippen LogP contribution is 2.21. The summed E-state index contributed by atoms with van der Waals surface area (Å²) < 4.78 is 10.4. The molecule has 144 valence electrons. The number of pyridine rings is 1. The van der Waals surface area contributed by atoms with Crippen LogP contribution in [0, 0.1) is 28.4 Å². The summed E-state index contributed by atoms with van der Waals surface area (Å²) in [6.07, 6.45) is 1.17. The van der Waals surface area contributed by atoms with Crippen LogP contribution in [0.15, 0.2) is 35.4 Å². The van der Waals surface area contributed by atoms with Crippen molar-refractivity contribution in [1.82, 2.24) is 10.4 Å². The van der Waals surface area contributed by atoms with Crippen molar-refractivity contribution in [2.24, 2.45) is 5.10 Å². The summed E-state index contributed by atoms with van der Waals surface area (Å²) >= 11 is 0. The number of nitrogens with one attached hydrogen (secondary N) is 1. The Hall–Kier alpha value is -3.84. The molecule has 0 fully saturated rings. The van der Waals surface area contributed by atoms with E-state index in [4.69, 9.17) is 9.47 Å². The number of carbonyl (C=O) groups excluding carboxylic acids is 1. The second kappa shape index (κ2) is 9.75. The number of hydrogen-bond donors (Lipinski definition) is 1. The van der Waals surface area contributed by atoms with Crippen LogP contribution in [0.2, 0.25) is 0 Å². The first kappa shape index (κ1) is 20.5. The molecule has 10 heteroatoms. The molecule has 28 heavy (non-hydrogen) atoms. The third-order valence-electron chi connectivity index (χ3n) is 3.47. The second-order valence-electron chi connectivity index (χ2n) is 5.55. The lowest BCUT2D eigenvalue weighted by molar-refractivity contribution is -0.385. The van der Waals surface area contributed by atoms with Crippen molar-refractivity contribution >= 4 is 17.8 Å². The van der Waals surface area contributed by atoms with Gasteiger partial charge in [-0.05, 0) is 19.1 Å². The van der Waals surface area contributed by atoms with Crippen molar-refractivity contribution in [2.45, 2.75) is 13.5 Å². The third-order valence-corrected chi connectivity index (χ3v) is 3.47. The van der Waals surface area contributed by atoms with Gasteiger partial charge in [0.15, 0.2) is 6.61 Å². The molecule has 0 saturated heterocycles. The molecule has 0 spiro atoms. The molecule has 0 radical (unpaired) electrons. The van der Waals surface area contributed by atoms with Crippen molar-refractivity contribution in [3.63, 3.8) is 0 Å². The van der Waals surface area contributed by atoms with Gasteiger partial charge in [0.2, 0.25) is 5.88 Å². The number of amides is 1. The third kappa shape index (κ3) is 5.33. The zero-order chi connectivity index (χ0) is 20.5. The molecule has 1 heterocycles. The minimum atomic E-state index is -0.615. The molecule has 0 bridgehead atoms. The largest absolute Gasteiger partial charge is 0.467 e. The molecule has 0 atom stereocenters. The summed E-state index contributed by atoms with van der Waals surface area (Å²) in [5.74, 6) is -0.595. The van der Waals surface area contributed by atoms with E-state index in [0.717, 1.165) is 0 Å². The number of hydrazone groups is 1. The Labute approximate surface area is 160 Å². The van der Waals surface area contributed by atoms with Gasteiger partial charge in [-0.15, -0.1) is 0 Å². The number of rotatable bonds is 8. The molecular formula is C18H17N5O5. The van der Waals surface area contributed by atoms with E-state index in [9.17, 15) is 20.2 Å². The number of nitriles is 1. The average Bonchev–Trinajstić information content (AvgIpc) is 2.66. The van der Waals surface area contributed by atoms with E-state index in [1.54, 1.807) is 19.1 Å². The number of hydrogen-bond acceptors (Lipinski definition) is 8. The van der Waals surface area contributed by atoms with Gasteiger partial charge in [-0.25, -0.2) is 10.4 Å². The number of para-hydroxylation sites is 1. The van der Waals surface area contributed by atoms with Crippen LogP contribution in [-0.2, 0) is 16.1 Å². The van der Waals surface area contributed by atoms with Crippen LogP contribution < -0.4 is 10.2 Å². The number of carbonyl (C=O) groups is 1. The first-order valence-electron chi connectivity index (χ1n) is 8.04. The zero-order valence-electron chi connectivity index (χ0n) is 15.2. The lowest BCUT2D eigenvalue weighted by Crippen LogP contribution is -2.25. The van der Waals surface area contributed by atoms with Crippen LogP contribution >= 0.6 is 0 Å². The van der Waals surface area contributed by atoms with E-state index < -0.39 is 17.4 Å². The van der Waals surface area contributed by atoms with Crippen molar-refractivity contribution < 1.29 is 19.2 Å². The fourth-order valence-electron chi connectivity index (χ4n) is 2.31. The van der Waals surface area contributed by atoms with Crippen molar-refractivity contribution in [3.05, 3.63) is 62.8 Å². The molecule has 1 aromatic heterocycles. The van der Waals surface area contributed by atoms with Gasteiger partial charge in [0, 0.05) is 24.4 Å². The summed E-state index contributed by atoms with van der Waals surface area (Å²) in [6, 6.07) is 9.66. The molecule has 0 unspecified atom stereocenters. The second-order valence-corrected chi connectivity index (χ2v) is 5.55. The lowest BCUT2D eigenvalue weighted by atomic mass is 10.1. The molecule has 1 amide bonds. The number of nitro groups is 1. The van der Waals surface area contributed by atoms with Crippen molar-refractivity contribution in [2.75, 3.05) is 13.7 Å². The summed E-state index contributed by atoms with van der Waals surface area (Å²) in [4.78, 5) is 26.4. The predicted molar refractivity (Wildman–Crippen MR) is 98.7 cm³/mol. The number of benzene rings is 1. The minimum absolute atomic E-state index is 0.0207. The summed E-state index contributed by atoms with van der Waals surface area (Å²) in [5, 5.41) is 23.9. The smallest absolute Gasteiger partial charge is 0.278 e. The summed E-state index contributed by atoms with van der Waals surface area (Å²) in [7, 11) is 1.50. The van der Waals surface area contributed by atoms with Gasteiger partial charge in [0.1, 0.15) is 11.6 Å². The molecule has 0 saturated carbocycles. The highest BCUT2D eigenvalue weighted by Gasteiger charge is 2.14. The average molecular weight is 383 g/mol. The Morgan fingerprint density at radius 1 is 1.46 bits per heavy atom. The fraction of sp³-hybridized carbons (Fsp3) is 0.222. The number of aryl methyl sites for hydroxylation is 1. The molecular weight excluding hydrogens is 366 g/mol. The monoisotopic (exact) mass is 383 g/mol. The molecule has 0 aliphatic rings. The Kier molecular flexibility index (Phi) is 7.13. The molecule has 0 aliphatic heterocycles. The Balaban J connectivity index is 2.02. The van der Waals surface area contributed by atoms with Crippen LogP contribution in [0.3, 0.4) is 0 Å². The van der Waals surface area contributed by atoms with Gasteiger partial charge in [0.25, 0.3) is 11.6 Å². The number of nitrogens with zero attached hydrogens (tertiary/aromatic N) is 4. The van der Waals surface area contributed by atoms with Gasteiger partial charge in [-0.2, -0.15) is 10.4 Å². The van der Waals surface area contributed by atoms with E-state index in [1.165, 1.54) is 31.5 Å². The van der Waals surface area contributed by atoms with Crippen LogP contribution in [0.5, 0.6) is 5.88 Å². The van der Waals surface area contributed by atoms with Crippen LogP contribution in [-0.4, -0.2) is 35.7 Å². The Morgan fingerprint density at radius 2 is 2.21 bits per heavy atom. The highest BCUT2D eigenvalue weighted by molar-refractivity contribution is 5.86. The zero-order valence-corrected chi connectivity index (χ0v) is 15.2. The molecule has 1 aromatic carbocycles. The number of methoxy groups -OCH3 is 1. The van der Waals surface area contributed by atoms with E-state index in [0.29, 0.717) is 11.3 Å². The van der Waals surface area contributed by atoms with Gasteiger partial charge in [0.05, 0.1) is 23.3 Å². The van der Waals surface area contributed by atoms with Crippen LogP contribution in [0.25, 0.3) is 0 Å². The van der Waals surface area contributed by atoms with E-state index >= 15 is 0 Å². The normalized spacial score (nSPS) is 10.5. The first-order valence-corrected chi connectivity index (χ1v) is 8.04. The summed E-state index contributed by atoms with van der Waals surface area (Å²) in [6.45, 7) is 1.49. The SMILES string of the molecule is COCc1cc(C)nc(OCC(=O)N/N=C/c2ccccc2[N+](=O)[O-])c1C#N. The molecule has 2 rings (SSSR count). The molecule has 10 nitrogen and oxygen atoms in total. The van der Waals surface area contributed by atoms with Crippen LogP contribution in [0.4, 0.5) is 5.69 Å². The van der Waals surface area contributed by atoms with Crippen molar-refractivity contribution in [1.29, 1.82) is 5.26 Å². The maximum absolute atomic E-state index is 11.9. The van der Waals surface area contributed by atoms with Gasteiger partial charge >= 0.3 is 0 Å². The van der Waals surface area contributed by atoms with E-state index in [2.05, 4.69) is 15.5 Å². The molecule has 2 aromatic rings. The number of ether oxygens (including phenoxy) is 2. The molecule has 1 N–H and O–H groups in total. The maximum atomic E-state index is 11.9. The van der Waals surface area contributed by atoms with Gasteiger partial charge < -0.3 is 9.47 Å².